The van der Waals surface area contributed by atoms with Crippen LogP contribution in [0.2, 0.25) is 5.02 Å². The molecular formula is C23H26ClFN3O4+. The van der Waals surface area contributed by atoms with Gasteiger partial charge in [0.25, 0.3) is 5.91 Å². The van der Waals surface area contributed by atoms with Crippen molar-refractivity contribution in [2.75, 3.05) is 19.8 Å². The largest absolute Gasteiger partial charge is 0.484 e. The zero-order valence-corrected chi connectivity index (χ0v) is 18.9. The molecule has 9 heteroatoms. The molecule has 7 nitrogen and oxygen atoms in total. The monoisotopic (exact) mass is 462 g/mol. The molecule has 0 unspecified atom stereocenters. The van der Waals surface area contributed by atoms with Gasteiger partial charge in [-0.3, -0.25) is 4.79 Å². The average molecular weight is 463 g/mol. The molecule has 2 aromatic carbocycles. The van der Waals surface area contributed by atoms with Gasteiger partial charge in [-0.2, -0.15) is 0 Å². The van der Waals surface area contributed by atoms with Gasteiger partial charge in [0.2, 0.25) is 23.9 Å². The summed E-state index contributed by atoms with van der Waals surface area (Å²) in [6.07, 6.45) is 1.29. The van der Waals surface area contributed by atoms with E-state index in [1.807, 2.05) is 51.2 Å². The molecular weight excluding hydrogens is 437 g/mol. The Morgan fingerprint density at radius 3 is 2.50 bits per heavy atom. The molecule has 1 saturated heterocycles. The Kier molecular flexibility index (Phi) is 8.33. The highest BCUT2D eigenvalue weighted by molar-refractivity contribution is 6.30. The maximum Gasteiger partial charge on any atom is 0.258 e. The first kappa shape index (κ1) is 23.8. The van der Waals surface area contributed by atoms with Crippen molar-refractivity contribution in [2.45, 2.75) is 33.1 Å². The highest BCUT2D eigenvalue weighted by Gasteiger charge is 2.34. The van der Waals surface area contributed by atoms with Gasteiger partial charge in [-0.1, -0.05) is 43.1 Å². The quantitative estimate of drug-likeness (QED) is 0.631. The van der Waals surface area contributed by atoms with Crippen LogP contribution >= 0.6 is 11.6 Å². The number of ether oxygens (including phenoxy) is 3. The molecule has 0 aliphatic carbocycles. The van der Waals surface area contributed by atoms with Crippen LogP contribution in [0.15, 0.2) is 59.5 Å². The van der Waals surface area contributed by atoms with E-state index in [1.165, 1.54) is 17.7 Å². The van der Waals surface area contributed by atoms with Crippen LogP contribution in [0.25, 0.3) is 0 Å². The Bertz CT molecular complexity index is 1000. The minimum Gasteiger partial charge on any atom is -0.484 e. The lowest BCUT2D eigenvalue weighted by molar-refractivity contribution is -0.466. The number of nitrogens with zero attached hydrogens (tertiary/aromatic N) is 2. The number of azo groups is 2. The number of nitrogens with one attached hydrogen (secondary N) is 1. The lowest BCUT2D eigenvalue weighted by Gasteiger charge is -2.29. The Morgan fingerprint density at radius 2 is 1.88 bits per heavy atom. The zero-order chi connectivity index (χ0) is 23.1. The number of carbonyl (C=O) groups is 1. The summed E-state index contributed by atoms with van der Waals surface area (Å²) in [5.74, 6) is -0.745. The molecule has 1 fully saturated rings. The minimum atomic E-state index is -0.605. The second-order valence-electron chi connectivity index (χ2n) is 6.96. The minimum absolute atomic E-state index is 0.00634. The standard InChI is InChI=1S/C21H19ClFN3O4.C2H6/c1-13-2-4-15(5-3-13)26-9-19(25-26)21-29-10-14(11-30-21)24-20(27)12-28-16-6-7-17(22)18(23)8-16;1-2/h2-9,14,21H,10-12H2,1H3;1-2H3/p+1. The van der Waals surface area contributed by atoms with Gasteiger partial charge in [0.15, 0.2) is 6.61 Å². The van der Waals surface area contributed by atoms with Crippen LogP contribution in [0, 0.1) is 12.7 Å². The molecule has 2 aromatic rings. The average Bonchev–Trinajstić information content (AvgIpc) is 2.77. The number of hydrogen-bond donors (Lipinski definition) is 1. The number of amides is 1. The number of carbonyl (C=O) groups excluding carboxylic acids is 1. The summed E-state index contributed by atoms with van der Waals surface area (Å²) in [5.41, 5.74) is 2.83. The number of benzene rings is 2. The van der Waals surface area contributed by atoms with Gasteiger partial charge in [0, 0.05) is 23.3 Å². The first-order valence-electron chi connectivity index (χ1n) is 10.4. The van der Waals surface area contributed by atoms with Gasteiger partial charge in [-0.05, 0) is 23.8 Å². The van der Waals surface area contributed by atoms with Crippen molar-refractivity contribution < 1.29 is 28.1 Å². The lowest BCUT2D eigenvalue weighted by atomic mass is 10.2. The van der Waals surface area contributed by atoms with Crippen LogP contribution in [-0.4, -0.2) is 42.8 Å². The molecule has 2 aliphatic rings. The molecule has 0 spiro atoms. The van der Waals surface area contributed by atoms with Crippen LogP contribution in [-0.2, 0) is 14.3 Å². The van der Waals surface area contributed by atoms with E-state index < -0.39 is 12.1 Å². The Balaban J connectivity index is 0.00000141. The van der Waals surface area contributed by atoms with E-state index in [-0.39, 0.29) is 42.5 Å². The van der Waals surface area contributed by atoms with Crippen molar-refractivity contribution in [3.63, 3.8) is 0 Å². The number of hydrogen-bond acceptors (Lipinski definition) is 5. The summed E-state index contributed by atoms with van der Waals surface area (Å²) in [4.78, 5) is 12.0. The predicted molar refractivity (Wildman–Crippen MR) is 117 cm³/mol. The maximum absolute atomic E-state index is 13.4. The topological polar surface area (TPSA) is 72.2 Å². The summed E-state index contributed by atoms with van der Waals surface area (Å²) in [6.45, 7) is 6.33. The van der Waals surface area contributed by atoms with Gasteiger partial charge in [-0.25, -0.2) is 4.39 Å². The van der Waals surface area contributed by atoms with Crippen molar-refractivity contribution in [3.8, 4) is 5.75 Å². The zero-order valence-electron chi connectivity index (χ0n) is 18.2. The van der Waals surface area contributed by atoms with E-state index >= 15 is 0 Å². The van der Waals surface area contributed by atoms with Crippen LogP contribution in [0.3, 0.4) is 0 Å². The molecule has 0 saturated carbocycles. The molecule has 32 heavy (non-hydrogen) atoms. The van der Waals surface area contributed by atoms with Gasteiger partial charge in [0.05, 0.1) is 24.3 Å². The predicted octanol–water partition coefficient (Wildman–Crippen LogP) is 4.70. The molecule has 2 aliphatic heterocycles. The second-order valence-corrected chi connectivity index (χ2v) is 7.37. The summed E-state index contributed by atoms with van der Waals surface area (Å²) < 4.78 is 31.7. The fraction of sp³-hybridized carbons (Fsp3) is 0.348. The van der Waals surface area contributed by atoms with Crippen molar-refractivity contribution in [3.05, 3.63) is 70.8 Å². The third-order valence-corrected chi connectivity index (χ3v) is 4.85. The SMILES string of the molecule is CC.Cc1ccc([N+]2=NC(C3OCC(NC(=O)COc4ccc(Cl)c(F)c4)CO3)=C2)cc1. The highest BCUT2D eigenvalue weighted by Crippen LogP contribution is 2.27. The summed E-state index contributed by atoms with van der Waals surface area (Å²) in [5, 5.41) is 7.15. The molecule has 0 atom stereocenters. The molecule has 1 N–H and O–H groups in total. The molecule has 4 rings (SSSR count). The summed E-state index contributed by atoms with van der Waals surface area (Å²) in [6, 6.07) is 11.7. The van der Waals surface area contributed by atoms with Crippen LogP contribution in [0.1, 0.15) is 19.4 Å². The number of rotatable bonds is 6. The van der Waals surface area contributed by atoms with Crippen molar-refractivity contribution in [1.29, 1.82) is 0 Å². The Morgan fingerprint density at radius 1 is 1.22 bits per heavy atom. The molecule has 2 heterocycles. The van der Waals surface area contributed by atoms with E-state index in [1.54, 1.807) is 4.70 Å². The third kappa shape index (κ3) is 6.12. The molecule has 170 valence electrons. The third-order valence-electron chi connectivity index (χ3n) is 4.54. The highest BCUT2D eigenvalue weighted by atomic mass is 35.5. The van der Waals surface area contributed by atoms with E-state index in [9.17, 15) is 9.18 Å². The Labute approximate surface area is 191 Å². The number of aryl methyl sites for hydroxylation is 1. The fourth-order valence-electron chi connectivity index (χ4n) is 2.93. The molecule has 1 amide bonds. The van der Waals surface area contributed by atoms with E-state index in [4.69, 9.17) is 25.8 Å². The Hall–Kier alpha value is -2.81. The second kappa shape index (κ2) is 11.2. The fourth-order valence-corrected chi connectivity index (χ4v) is 3.05. The van der Waals surface area contributed by atoms with E-state index in [2.05, 4.69) is 10.4 Å². The van der Waals surface area contributed by atoms with Crippen LogP contribution in [0.4, 0.5) is 10.1 Å². The van der Waals surface area contributed by atoms with Gasteiger partial charge >= 0.3 is 0 Å². The van der Waals surface area contributed by atoms with Crippen molar-refractivity contribution in [2.24, 2.45) is 5.11 Å². The molecule has 0 bridgehead atoms. The maximum atomic E-state index is 13.4. The summed E-state index contributed by atoms with van der Waals surface area (Å²) >= 11 is 5.61. The first-order valence-corrected chi connectivity index (χ1v) is 10.8. The molecule has 0 radical (unpaired) electrons. The summed E-state index contributed by atoms with van der Waals surface area (Å²) in [7, 11) is 0. The number of halogens is 2. The van der Waals surface area contributed by atoms with Crippen molar-refractivity contribution >= 4 is 23.2 Å². The van der Waals surface area contributed by atoms with Gasteiger partial charge in [0.1, 0.15) is 11.6 Å². The van der Waals surface area contributed by atoms with Crippen LogP contribution in [0.5, 0.6) is 5.75 Å². The molecule has 0 aromatic heterocycles. The van der Waals surface area contributed by atoms with Gasteiger partial charge in [-0.15, -0.1) is 0 Å². The first-order chi connectivity index (χ1) is 15.5. The lowest BCUT2D eigenvalue weighted by Crippen LogP contribution is -2.49. The van der Waals surface area contributed by atoms with E-state index in [0.29, 0.717) is 5.70 Å². The van der Waals surface area contributed by atoms with Gasteiger partial charge < -0.3 is 19.5 Å². The van der Waals surface area contributed by atoms with Crippen molar-refractivity contribution in [1.82, 2.24) is 5.32 Å². The van der Waals surface area contributed by atoms with E-state index in [0.717, 1.165) is 11.8 Å². The van der Waals surface area contributed by atoms with Crippen LogP contribution < -0.4 is 10.1 Å². The normalized spacial score (nSPS) is 19.5. The smallest absolute Gasteiger partial charge is 0.258 e.